The molecule has 0 bridgehead atoms. The van der Waals surface area contributed by atoms with E-state index in [9.17, 15) is 4.79 Å². The zero-order valence-corrected chi connectivity index (χ0v) is 10.9. The topological polar surface area (TPSA) is 111 Å². The summed E-state index contributed by atoms with van der Waals surface area (Å²) in [6, 6.07) is 11.3. The molecule has 0 aliphatic heterocycles. The summed E-state index contributed by atoms with van der Waals surface area (Å²) in [5, 5.41) is 10.9. The minimum Gasteiger partial charge on any atom is -0.476 e. The number of hydrazine groups is 1. The minimum atomic E-state index is -1.29. The molecule has 0 fully saturated rings. The number of hydrogen-bond donors (Lipinski definition) is 4. The Morgan fingerprint density at radius 2 is 1.85 bits per heavy atom. The number of ether oxygens (including phenoxy) is 1. The summed E-state index contributed by atoms with van der Waals surface area (Å²) in [6.07, 6.45) is 0. The molecule has 0 heterocycles. The Bertz CT molecular complexity index is 695. The van der Waals surface area contributed by atoms with E-state index in [4.69, 9.17) is 21.4 Å². The molecule has 0 atom stereocenters. The number of carboxylic acids is 1. The van der Waals surface area contributed by atoms with Crippen LogP contribution in [0.15, 0.2) is 48.0 Å². The molecule has 0 amide bonds. The number of nitrogens with one attached hydrogen (secondary N) is 1. The predicted octanol–water partition coefficient (Wildman–Crippen LogP) is 1.20. The van der Waals surface area contributed by atoms with Gasteiger partial charge in [0.2, 0.25) is 5.88 Å². The van der Waals surface area contributed by atoms with E-state index in [1.54, 1.807) is 12.1 Å². The van der Waals surface area contributed by atoms with Crippen molar-refractivity contribution in [2.75, 3.05) is 0 Å². The van der Waals surface area contributed by atoms with Crippen LogP contribution in [0.2, 0.25) is 0 Å². The van der Waals surface area contributed by atoms with Gasteiger partial charge in [0.1, 0.15) is 5.75 Å². The number of rotatable bonds is 4. The van der Waals surface area contributed by atoms with Crippen LogP contribution in [-0.4, -0.2) is 11.1 Å². The van der Waals surface area contributed by atoms with Gasteiger partial charge in [0, 0.05) is 0 Å². The van der Waals surface area contributed by atoms with Crippen LogP contribution in [0, 0.1) is 6.92 Å². The molecule has 0 radical (unpaired) electrons. The SMILES string of the molecule is Cc1ccc2cc(O/C(N)=C(/NN)C(=O)O)ccc2c1. The van der Waals surface area contributed by atoms with Crippen molar-refractivity contribution in [1.29, 1.82) is 0 Å². The Hall–Kier alpha value is -2.73. The van der Waals surface area contributed by atoms with Gasteiger partial charge in [-0.25, -0.2) is 4.79 Å². The van der Waals surface area contributed by atoms with Crippen LogP contribution >= 0.6 is 0 Å². The second kappa shape index (κ2) is 5.50. The molecule has 0 aromatic heterocycles. The summed E-state index contributed by atoms with van der Waals surface area (Å²) in [5.41, 5.74) is 8.32. The molecule has 0 spiro atoms. The summed E-state index contributed by atoms with van der Waals surface area (Å²) in [6.45, 7) is 2.01. The number of carboxylic acid groups (broad SMARTS) is 1. The van der Waals surface area contributed by atoms with E-state index in [0.29, 0.717) is 5.75 Å². The van der Waals surface area contributed by atoms with Gasteiger partial charge in [-0.05, 0) is 29.8 Å². The molecule has 0 aliphatic carbocycles. The minimum absolute atomic E-state index is 0.300. The van der Waals surface area contributed by atoms with Crippen molar-refractivity contribution in [1.82, 2.24) is 5.43 Å². The highest BCUT2D eigenvalue weighted by molar-refractivity contribution is 5.86. The molecule has 2 aromatic rings. The van der Waals surface area contributed by atoms with Gasteiger partial charge >= 0.3 is 5.97 Å². The lowest BCUT2D eigenvalue weighted by atomic mass is 10.1. The molecule has 104 valence electrons. The van der Waals surface area contributed by atoms with Crippen LogP contribution in [-0.2, 0) is 4.79 Å². The highest BCUT2D eigenvalue weighted by Gasteiger charge is 2.13. The van der Waals surface area contributed by atoms with Crippen LogP contribution in [0.3, 0.4) is 0 Å². The van der Waals surface area contributed by atoms with E-state index in [0.717, 1.165) is 16.3 Å². The average Bonchev–Trinajstić information content (AvgIpc) is 2.39. The van der Waals surface area contributed by atoms with Gasteiger partial charge in [-0.15, -0.1) is 0 Å². The van der Waals surface area contributed by atoms with Crippen LogP contribution in [0.4, 0.5) is 0 Å². The van der Waals surface area contributed by atoms with Gasteiger partial charge < -0.3 is 21.0 Å². The zero-order valence-electron chi connectivity index (χ0n) is 10.9. The van der Waals surface area contributed by atoms with Gasteiger partial charge in [0.15, 0.2) is 5.70 Å². The molecular weight excluding hydrogens is 258 g/mol. The highest BCUT2D eigenvalue weighted by Crippen LogP contribution is 2.22. The monoisotopic (exact) mass is 273 g/mol. The molecule has 2 aromatic carbocycles. The first kappa shape index (κ1) is 13.7. The molecule has 0 saturated heterocycles. The lowest BCUT2D eigenvalue weighted by molar-refractivity contribution is -0.133. The first-order valence-corrected chi connectivity index (χ1v) is 5.89. The van der Waals surface area contributed by atoms with Crippen molar-refractivity contribution >= 4 is 16.7 Å². The molecule has 6 N–H and O–H groups in total. The zero-order chi connectivity index (χ0) is 14.7. The maximum absolute atomic E-state index is 10.9. The molecule has 2 rings (SSSR count). The lowest BCUT2D eigenvalue weighted by Gasteiger charge is -2.10. The molecule has 6 nitrogen and oxygen atoms in total. The van der Waals surface area contributed by atoms with Gasteiger partial charge in [-0.2, -0.15) is 0 Å². The summed E-state index contributed by atoms with van der Waals surface area (Å²) in [4.78, 5) is 10.9. The van der Waals surface area contributed by atoms with Crippen molar-refractivity contribution in [3.8, 4) is 5.75 Å². The van der Waals surface area contributed by atoms with Gasteiger partial charge in [-0.3, -0.25) is 5.84 Å². The Labute approximate surface area is 115 Å². The van der Waals surface area contributed by atoms with Crippen LogP contribution < -0.4 is 21.7 Å². The quantitative estimate of drug-likeness (QED) is 0.288. The third-order valence-electron chi connectivity index (χ3n) is 2.80. The van der Waals surface area contributed by atoms with Gasteiger partial charge in [-0.1, -0.05) is 29.8 Å². The molecular formula is C14H15N3O3. The van der Waals surface area contributed by atoms with E-state index in [2.05, 4.69) is 0 Å². The normalized spacial score (nSPS) is 11.9. The van der Waals surface area contributed by atoms with Gasteiger partial charge in [0.25, 0.3) is 0 Å². The largest absolute Gasteiger partial charge is 0.476 e. The molecule has 0 unspecified atom stereocenters. The third kappa shape index (κ3) is 2.81. The van der Waals surface area contributed by atoms with Crippen molar-refractivity contribution in [3.63, 3.8) is 0 Å². The van der Waals surface area contributed by atoms with Crippen molar-refractivity contribution in [2.45, 2.75) is 6.92 Å². The fraction of sp³-hybridized carbons (Fsp3) is 0.0714. The van der Waals surface area contributed by atoms with Crippen LogP contribution in [0.1, 0.15) is 5.56 Å². The smallest absolute Gasteiger partial charge is 0.358 e. The van der Waals surface area contributed by atoms with Crippen molar-refractivity contribution < 1.29 is 14.6 Å². The Morgan fingerprint density at radius 1 is 1.20 bits per heavy atom. The molecule has 20 heavy (non-hydrogen) atoms. The first-order valence-electron chi connectivity index (χ1n) is 5.89. The van der Waals surface area contributed by atoms with E-state index in [-0.39, 0.29) is 5.88 Å². The highest BCUT2D eigenvalue weighted by atomic mass is 16.5. The average molecular weight is 273 g/mol. The van der Waals surface area contributed by atoms with Crippen molar-refractivity contribution in [2.24, 2.45) is 11.6 Å². The molecule has 0 aliphatic rings. The van der Waals surface area contributed by atoms with E-state index < -0.39 is 11.7 Å². The predicted molar refractivity (Wildman–Crippen MR) is 75.5 cm³/mol. The fourth-order valence-electron chi connectivity index (χ4n) is 1.82. The van der Waals surface area contributed by atoms with Gasteiger partial charge in [0.05, 0.1) is 0 Å². The summed E-state index contributed by atoms with van der Waals surface area (Å²) in [5.74, 6) is 3.93. The van der Waals surface area contributed by atoms with E-state index in [1.807, 2.05) is 36.6 Å². The molecule has 0 saturated carbocycles. The van der Waals surface area contributed by atoms with E-state index in [1.165, 1.54) is 0 Å². The second-order valence-corrected chi connectivity index (χ2v) is 4.30. The number of aliphatic carboxylic acids is 1. The summed E-state index contributed by atoms with van der Waals surface area (Å²) >= 11 is 0. The number of benzene rings is 2. The van der Waals surface area contributed by atoms with Crippen molar-refractivity contribution in [3.05, 3.63) is 53.5 Å². The van der Waals surface area contributed by atoms with E-state index >= 15 is 0 Å². The maximum Gasteiger partial charge on any atom is 0.358 e. The number of aryl methyl sites for hydroxylation is 1. The summed E-state index contributed by atoms with van der Waals surface area (Å²) < 4.78 is 5.30. The lowest BCUT2D eigenvalue weighted by Crippen LogP contribution is -2.31. The molecule has 6 heteroatoms. The summed E-state index contributed by atoms with van der Waals surface area (Å²) in [7, 11) is 0. The van der Waals surface area contributed by atoms with Crippen LogP contribution in [0.5, 0.6) is 5.75 Å². The first-order chi connectivity index (χ1) is 9.51. The second-order valence-electron chi connectivity index (χ2n) is 4.30. The number of hydrogen-bond acceptors (Lipinski definition) is 5. The number of nitrogens with two attached hydrogens (primary N) is 2. The third-order valence-corrected chi connectivity index (χ3v) is 2.80. The maximum atomic E-state index is 10.9. The Morgan fingerprint density at radius 3 is 2.50 bits per heavy atom. The number of carbonyl (C=O) groups is 1. The number of fused-ring (bicyclic) bond motifs is 1. The fourth-order valence-corrected chi connectivity index (χ4v) is 1.82. The van der Waals surface area contributed by atoms with Crippen LogP contribution in [0.25, 0.3) is 10.8 Å². The Kier molecular flexibility index (Phi) is 3.76. The standard InChI is InChI=1S/C14H15N3O3/c1-8-2-3-10-7-11(5-4-9(10)6-8)20-13(15)12(17-16)14(18)19/h2-7,17H,15-16H2,1H3,(H,18,19)/b13-12+. The Balaban J connectivity index is 2.35.